The van der Waals surface area contributed by atoms with Gasteiger partial charge in [-0.1, -0.05) is 18.7 Å². The number of benzene rings is 1. The highest BCUT2D eigenvalue weighted by atomic mass is 16.4. The Morgan fingerprint density at radius 1 is 1.48 bits per heavy atom. The minimum absolute atomic E-state index is 0.0977. The van der Waals surface area contributed by atoms with Gasteiger partial charge in [0.15, 0.2) is 0 Å². The van der Waals surface area contributed by atoms with Gasteiger partial charge in [0.25, 0.3) is 0 Å². The van der Waals surface area contributed by atoms with Crippen LogP contribution in [0, 0.1) is 6.92 Å². The maximum atomic E-state index is 11.5. The summed E-state index contributed by atoms with van der Waals surface area (Å²) in [6, 6.07) is 3.46. The fourth-order valence-corrected chi connectivity index (χ4v) is 2.45. The molecule has 0 amide bonds. The number of aromatic nitrogens is 2. The van der Waals surface area contributed by atoms with E-state index in [1.165, 1.54) is 0 Å². The molecule has 0 aliphatic rings. The zero-order valence-electron chi connectivity index (χ0n) is 12.1. The van der Waals surface area contributed by atoms with Crippen molar-refractivity contribution in [3.8, 4) is 0 Å². The molecule has 2 aromatic rings. The minimum Gasteiger partial charge on any atom is -0.478 e. The molecule has 0 bridgehead atoms. The van der Waals surface area contributed by atoms with Crippen molar-refractivity contribution in [1.82, 2.24) is 9.55 Å². The molecule has 0 fully saturated rings. The second-order valence-corrected chi connectivity index (χ2v) is 4.74. The van der Waals surface area contributed by atoms with Gasteiger partial charge in [0.05, 0.1) is 23.2 Å². The smallest absolute Gasteiger partial charge is 0.337 e. The number of hydrogen-bond acceptors (Lipinski definition) is 3. The van der Waals surface area contributed by atoms with Gasteiger partial charge in [-0.3, -0.25) is 0 Å². The first-order valence-electron chi connectivity index (χ1n) is 6.67. The quantitative estimate of drug-likeness (QED) is 0.828. The lowest BCUT2D eigenvalue weighted by atomic mass is 10.1. The molecule has 5 heteroatoms. The molecular formula is C16H18N2O3. The van der Waals surface area contributed by atoms with E-state index < -0.39 is 5.97 Å². The van der Waals surface area contributed by atoms with E-state index >= 15 is 0 Å². The van der Waals surface area contributed by atoms with Crippen LogP contribution in [0.25, 0.3) is 16.6 Å². The summed E-state index contributed by atoms with van der Waals surface area (Å²) in [6.45, 7) is 7.63. The van der Waals surface area contributed by atoms with E-state index in [0.717, 1.165) is 11.1 Å². The molecule has 0 saturated carbocycles. The number of carbonyl (C=O) groups is 1. The summed E-state index contributed by atoms with van der Waals surface area (Å²) in [5, 5.41) is 18.7. The summed E-state index contributed by atoms with van der Waals surface area (Å²) in [5.41, 5.74) is 2.96. The van der Waals surface area contributed by atoms with Gasteiger partial charge in [-0.2, -0.15) is 0 Å². The molecule has 0 radical (unpaired) electrons. The number of aliphatic hydroxyl groups excluding tert-OH is 1. The normalized spacial score (nSPS) is 11.9. The van der Waals surface area contributed by atoms with Gasteiger partial charge in [-0.15, -0.1) is 0 Å². The molecule has 0 spiro atoms. The molecule has 1 aromatic heterocycles. The highest BCUT2D eigenvalue weighted by Gasteiger charge is 2.19. The van der Waals surface area contributed by atoms with Crippen LogP contribution >= 0.6 is 0 Å². The lowest BCUT2D eigenvalue weighted by Crippen LogP contribution is -2.09. The highest BCUT2D eigenvalue weighted by molar-refractivity contribution is 6.02. The van der Waals surface area contributed by atoms with Crippen molar-refractivity contribution in [1.29, 1.82) is 0 Å². The number of allylic oxidation sites excluding steroid dienone is 3. The largest absolute Gasteiger partial charge is 0.478 e. The molecule has 2 N–H and O–H groups in total. The molecular weight excluding hydrogens is 268 g/mol. The van der Waals surface area contributed by atoms with Gasteiger partial charge in [0.2, 0.25) is 0 Å². The maximum Gasteiger partial charge on any atom is 0.337 e. The van der Waals surface area contributed by atoms with Gasteiger partial charge < -0.3 is 14.8 Å². The number of hydrogen-bond donors (Lipinski definition) is 2. The topological polar surface area (TPSA) is 75.3 Å². The summed E-state index contributed by atoms with van der Waals surface area (Å²) in [4.78, 5) is 16.0. The van der Waals surface area contributed by atoms with Crippen molar-refractivity contribution in [2.24, 2.45) is 0 Å². The third kappa shape index (κ3) is 2.60. The molecule has 0 atom stereocenters. The Kier molecular flexibility index (Phi) is 4.23. The van der Waals surface area contributed by atoms with Crippen LogP contribution in [0.2, 0.25) is 0 Å². The van der Waals surface area contributed by atoms with Crippen LogP contribution in [-0.2, 0) is 6.54 Å². The summed E-state index contributed by atoms with van der Waals surface area (Å²) in [6.07, 6.45) is 3.53. The number of aliphatic hydroxyl groups is 1. The van der Waals surface area contributed by atoms with E-state index in [0.29, 0.717) is 16.9 Å². The van der Waals surface area contributed by atoms with E-state index in [-0.39, 0.29) is 18.7 Å². The first kappa shape index (κ1) is 15.0. The third-order valence-corrected chi connectivity index (χ3v) is 3.33. The minimum atomic E-state index is -1.00. The second kappa shape index (κ2) is 5.93. The molecule has 1 heterocycles. The number of rotatable bonds is 5. The van der Waals surface area contributed by atoms with E-state index in [2.05, 4.69) is 11.6 Å². The van der Waals surface area contributed by atoms with Gasteiger partial charge in [0, 0.05) is 12.1 Å². The van der Waals surface area contributed by atoms with Crippen LogP contribution in [0.3, 0.4) is 0 Å². The lowest BCUT2D eigenvalue weighted by molar-refractivity contribution is 0.0698. The molecule has 5 nitrogen and oxygen atoms in total. The number of aryl methyl sites for hydroxylation is 1. The van der Waals surface area contributed by atoms with E-state index in [1.54, 1.807) is 16.7 Å². The molecule has 110 valence electrons. The van der Waals surface area contributed by atoms with Crippen molar-refractivity contribution >= 4 is 22.6 Å². The molecule has 1 aromatic carbocycles. The van der Waals surface area contributed by atoms with Gasteiger partial charge in [0.1, 0.15) is 5.82 Å². The van der Waals surface area contributed by atoms with Crippen LogP contribution in [0.15, 0.2) is 30.9 Å². The summed E-state index contributed by atoms with van der Waals surface area (Å²) < 4.78 is 1.73. The Bertz CT molecular complexity index is 742. The molecule has 0 aliphatic heterocycles. The van der Waals surface area contributed by atoms with E-state index in [4.69, 9.17) is 0 Å². The average Bonchev–Trinajstić information content (AvgIpc) is 2.78. The zero-order valence-corrected chi connectivity index (χ0v) is 12.1. The lowest BCUT2D eigenvalue weighted by Gasteiger charge is -2.09. The zero-order chi connectivity index (χ0) is 15.6. The van der Waals surface area contributed by atoms with Crippen LogP contribution in [0.5, 0.6) is 0 Å². The van der Waals surface area contributed by atoms with Gasteiger partial charge in [-0.05, 0) is 31.5 Å². The molecule has 0 saturated heterocycles. The van der Waals surface area contributed by atoms with E-state index in [1.807, 2.05) is 26.0 Å². The number of carboxylic acid groups (broad SMARTS) is 1. The fourth-order valence-electron chi connectivity index (χ4n) is 2.45. The van der Waals surface area contributed by atoms with Crippen molar-refractivity contribution in [2.75, 3.05) is 6.61 Å². The molecule has 2 rings (SSSR count). The first-order chi connectivity index (χ1) is 10.0. The number of carboxylic acids is 1. The van der Waals surface area contributed by atoms with Crippen LogP contribution in [0.1, 0.15) is 28.7 Å². The maximum absolute atomic E-state index is 11.5. The van der Waals surface area contributed by atoms with Gasteiger partial charge in [-0.25, -0.2) is 9.78 Å². The average molecular weight is 286 g/mol. The summed E-state index contributed by atoms with van der Waals surface area (Å²) >= 11 is 0. The summed E-state index contributed by atoms with van der Waals surface area (Å²) in [5.74, 6) is -0.389. The second-order valence-electron chi connectivity index (χ2n) is 4.74. The molecule has 21 heavy (non-hydrogen) atoms. The Balaban J connectivity index is 2.89. The highest BCUT2D eigenvalue weighted by Crippen LogP contribution is 2.26. The number of fused-ring (bicyclic) bond motifs is 1. The van der Waals surface area contributed by atoms with Crippen molar-refractivity contribution in [3.05, 3.63) is 47.8 Å². The molecule has 0 aliphatic carbocycles. The Morgan fingerprint density at radius 2 is 2.19 bits per heavy atom. The van der Waals surface area contributed by atoms with Gasteiger partial charge >= 0.3 is 5.97 Å². The Labute approximate surface area is 122 Å². The predicted octanol–water partition coefficient (Wildman–Crippen LogP) is 2.62. The number of aromatic carboxylic acids is 1. The summed E-state index contributed by atoms with van der Waals surface area (Å²) in [7, 11) is 0. The van der Waals surface area contributed by atoms with E-state index in [9.17, 15) is 15.0 Å². The van der Waals surface area contributed by atoms with Crippen LogP contribution < -0.4 is 0 Å². The predicted molar refractivity (Wildman–Crippen MR) is 82.4 cm³/mol. The standard InChI is InChI=1S/C16H18N2O3/c1-4-11(5-2)15-17-13-9-10(3)8-12(16(20)21)14(13)18(15)6-7-19/h4-5,8-9,19H,1,6-7H2,2-3H3,(H,20,21). The van der Waals surface area contributed by atoms with Crippen molar-refractivity contribution in [2.45, 2.75) is 20.4 Å². The SMILES string of the molecule is C=CC(=CC)c1nc2cc(C)cc(C(=O)O)c2n1CCO. The van der Waals surface area contributed by atoms with Crippen molar-refractivity contribution in [3.63, 3.8) is 0 Å². The van der Waals surface area contributed by atoms with Crippen molar-refractivity contribution < 1.29 is 15.0 Å². The van der Waals surface area contributed by atoms with Crippen LogP contribution in [0.4, 0.5) is 0 Å². The molecule has 0 unspecified atom stereocenters. The number of nitrogens with zero attached hydrogens (tertiary/aromatic N) is 2. The first-order valence-corrected chi connectivity index (χ1v) is 6.67. The van der Waals surface area contributed by atoms with Crippen LogP contribution in [-0.4, -0.2) is 32.3 Å². The Morgan fingerprint density at radius 3 is 2.71 bits per heavy atom. The Hall–Kier alpha value is -2.40. The number of imidazole rings is 1. The monoisotopic (exact) mass is 286 g/mol. The fraction of sp³-hybridized carbons (Fsp3) is 0.250. The third-order valence-electron chi connectivity index (χ3n) is 3.33.